The molecule has 0 amide bonds. The first-order valence-electron chi connectivity index (χ1n) is 35.4. The number of esters is 4. The first kappa shape index (κ1) is 85.1. The molecule has 0 fully saturated rings. The lowest BCUT2D eigenvalue weighted by atomic mass is 9.99. The summed E-state index contributed by atoms with van der Waals surface area (Å²) >= 11 is 0. The molecule has 17 nitrogen and oxygen atoms in total. The molecule has 0 bridgehead atoms. The maximum Gasteiger partial charge on any atom is 0.472 e. The molecule has 4 unspecified atom stereocenters. The molecule has 0 aliphatic rings. The number of aliphatic hydroxyl groups excluding tert-OH is 1. The van der Waals surface area contributed by atoms with Gasteiger partial charge in [-0.1, -0.05) is 286 Å². The Bertz CT molecular complexity index is 1720. The molecule has 0 saturated carbocycles. The van der Waals surface area contributed by atoms with E-state index in [2.05, 4.69) is 48.5 Å². The van der Waals surface area contributed by atoms with Gasteiger partial charge in [0.1, 0.15) is 19.3 Å². The van der Waals surface area contributed by atoms with Crippen LogP contribution in [0.25, 0.3) is 0 Å². The van der Waals surface area contributed by atoms with Crippen molar-refractivity contribution in [2.75, 3.05) is 39.6 Å². The molecule has 0 aliphatic heterocycles. The SMILES string of the molecule is CCCCCCCCCCCCCC(=O)O[C@H](COC(=O)CCCCCCCCCC(C)C)COP(=O)(O)OC[C@H](O)COP(=O)(O)OC[C@@H](COC(=O)CCCCCCCCCCC(C)CC)OC(=O)CCCCCCCCCCCCC(C)CC. The molecule has 87 heavy (non-hydrogen) atoms. The Morgan fingerprint density at radius 3 is 0.874 bits per heavy atom. The van der Waals surface area contributed by atoms with Crippen molar-refractivity contribution < 1.29 is 80.2 Å². The summed E-state index contributed by atoms with van der Waals surface area (Å²) in [7, 11) is -9.90. The fourth-order valence-corrected chi connectivity index (χ4v) is 11.7. The van der Waals surface area contributed by atoms with Crippen LogP contribution in [0.2, 0.25) is 0 Å². The number of aliphatic hydroxyl groups is 1. The van der Waals surface area contributed by atoms with E-state index in [1.807, 2.05) is 0 Å². The molecule has 3 N–H and O–H groups in total. The summed E-state index contributed by atoms with van der Waals surface area (Å²) in [6.07, 6.45) is 41.5. The number of hydrogen-bond donors (Lipinski definition) is 3. The van der Waals surface area contributed by atoms with Gasteiger partial charge >= 0.3 is 39.5 Å². The minimum Gasteiger partial charge on any atom is -0.462 e. The average Bonchev–Trinajstić information content (AvgIpc) is 3.63. The predicted octanol–water partition coefficient (Wildman–Crippen LogP) is 19.1. The van der Waals surface area contributed by atoms with Crippen LogP contribution >= 0.6 is 15.6 Å². The summed E-state index contributed by atoms with van der Waals surface area (Å²) in [5.41, 5.74) is 0. The number of phosphoric ester groups is 2. The van der Waals surface area contributed by atoms with Gasteiger partial charge in [-0.3, -0.25) is 37.3 Å². The lowest BCUT2D eigenvalue weighted by Crippen LogP contribution is -2.30. The van der Waals surface area contributed by atoms with Crippen LogP contribution in [0.4, 0.5) is 0 Å². The Hall–Kier alpha value is -1.94. The molecule has 0 rings (SSSR count). The maximum atomic E-state index is 13.0. The smallest absolute Gasteiger partial charge is 0.462 e. The minimum atomic E-state index is -4.95. The summed E-state index contributed by atoms with van der Waals surface area (Å²) in [6.45, 7) is 11.8. The molecule has 0 aliphatic carbocycles. The second-order valence-electron chi connectivity index (χ2n) is 25.5. The number of ether oxygens (including phenoxy) is 4. The van der Waals surface area contributed by atoms with Gasteiger partial charge in [0.15, 0.2) is 12.2 Å². The zero-order chi connectivity index (χ0) is 64.5. The molecule has 0 aromatic rings. The number of hydrogen-bond acceptors (Lipinski definition) is 15. The highest BCUT2D eigenvalue weighted by atomic mass is 31.2. The van der Waals surface area contributed by atoms with Crippen molar-refractivity contribution in [1.82, 2.24) is 0 Å². The van der Waals surface area contributed by atoms with Crippen molar-refractivity contribution in [1.29, 1.82) is 0 Å². The zero-order valence-corrected chi connectivity index (χ0v) is 58.3. The first-order valence-corrected chi connectivity index (χ1v) is 38.4. The summed E-state index contributed by atoms with van der Waals surface area (Å²) in [5.74, 6) is 0.156. The van der Waals surface area contributed by atoms with Gasteiger partial charge in [0.05, 0.1) is 26.4 Å². The number of carbonyl (C=O) groups excluding carboxylic acids is 4. The highest BCUT2D eigenvalue weighted by Gasteiger charge is 2.30. The van der Waals surface area contributed by atoms with Gasteiger partial charge in [0.25, 0.3) is 0 Å². The third kappa shape index (κ3) is 60.1. The highest BCUT2D eigenvalue weighted by Crippen LogP contribution is 2.45. The van der Waals surface area contributed by atoms with E-state index in [0.717, 1.165) is 108 Å². The van der Waals surface area contributed by atoms with Crippen LogP contribution in [0.5, 0.6) is 0 Å². The third-order valence-electron chi connectivity index (χ3n) is 16.4. The van der Waals surface area contributed by atoms with Gasteiger partial charge in [0.2, 0.25) is 0 Å². The lowest BCUT2D eigenvalue weighted by molar-refractivity contribution is -0.161. The van der Waals surface area contributed by atoms with Crippen LogP contribution in [-0.2, 0) is 65.4 Å². The van der Waals surface area contributed by atoms with Gasteiger partial charge < -0.3 is 33.8 Å². The van der Waals surface area contributed by atoms with Crippen molar-refractivity contribution in [3.8, 4) is 0 Å². The van der Waals surface area contributed by atoms with Crippen LogP contribution in [0, 0.1) is 17.8 Å². The number of unbranched alkanes of at least 4 members (excludes halogenated alkanes) is 32. The van der Waals surface area contributed by atoms with Gasteiger partial charge in [-0.05, 0) is 43.4 Å². The van der Waals surface area contributed by atoms with Crippen LogP contribution in [0.1, 0.15) is 337 Å². The molecule has 7 atom stereocenters. The third-order valence-corrected chi connectivity index (χ3v) is 18.3. The van der Waals surface area contributed by atoms with E-state index < -0.39 is 97.5 Å². The average molecular weight is 1280 g/mol. The minimum absolute atomic E-state index is 0.105. The second-order valence-corrected chi connectivity index (χ2v) is 28.4. The molecule has 0 saturated heterocycles. The summed E-state index contributed by atoms with van der Waals surface area (Å²) in [5, 5.41) is 10.6. The van der Waals surface area contributed by atoms with E-state index in [0.29, 0.717) is 31.6 Å². The second kappa shape index (κ2) is 59.1. The number of carbonyl (C=O) groups is 4. The van der Waals surface area contributed by atoms with Crippen molar-refractivity contribution in [2.45, 2.75) is 356 Å². The van der Waals surface area contributed by atoms with Crippen LogP contribution in [0.15, 0.2) is 0 Å². The van der Waals surface area contributed by atoms with E-state index >= 15 is 0 Å². The van der Waals surface area contributed by atoms with Crippen LogP contribution < -0.4 is 0 Å². The Morgan fingerprint density at radius 2 is 0.586 bits per heavy atom. The summed E-state index contributed by atoms with van der Waals surface area (Å²) in [4.78, 5) is 72.4. The summed E-state index contributed by atoms with van der Waals surface area (Å²) < 4.78 is 68.2. The Morgan fingerprint density at radius 1 is 0.333 bits per heavy atom. The highest BCUT2D eigenvalue weighted by molar-refractivity contribution is 7.47. The molecule has 0 aromatic heterocycles. The van der Waals surface area contributed by atoms with Crippen molar-refractivity contribution in [3.05, 3.63) is 0 Å². The van der Waals surface area contributed by atoms with Gasteiger partial charge in [-0.2, -0.15) is 0 Å². The van der Waals surface area contributed by atoms with E-state index in [1.54, 1.807) is 0 Å². The largest absolute Gasteiger partial charge is 0.472 e. The Balaban J connectivity index is 5.27. The molecule has 19 heteroatoms. The predicted molar refractivity (Wildman–Crippen MR) is 349 cm³/mol. The topological polar surface area (TPSA) is 237 Å². The normalized spacial score (nSPS) is 14.9. The van der Waals surface area contributed by atoms with E-state index in [9.17, 15) is 43.2 Å². The maximum absolute atomic E-state index is 13.0. The van der Waals surface area contributed by atoms with Crippen LogP contribution in [0.3, 0.4) is 0 Å². The van der Waals surface area contributed by atoms with Gasteiger partial charge in [-0.25, -0.2) is 9.13 Å². The fraction of sp³-hybridized carbons (Fsp3) is 0.941. The van der Waals surface area contributed by atoms with Gasteiger partial charge in [0, 0.05) is 25.7 Å². The number of rotatable bonds is 66. The fourth-order valence-electron chi connectivity index (χ4n) is 10.1. The molecule has 0 radical (unpaired) electrons. The van der Waals surface area contributed by atoms with E-state index in [1.165, 1.54) is 141 Å². The molecule has 516 valence electrons. The molecular weight excluding hydrogens is 1150 g/mol. The zero-order valence-electron chi connectivity index (χ0n) is 56.5. The lowest BCUT2D eigenvalue weighted by Gasteiger charge is -2.21. The number of phosphoric acid groups is 2. The monoisotopic (exact) mass is 1280 g/mol. The van der Waals surface area contributed by atoms with Crippen LogP contribution in [-0.4, -0.2) is 96.7 Å². The Kier molecular flexibility index (Phi) is 57.8. The van der Waals surface area contributed by atoms with Crippen molar-refractivity contribution in [3.63, 3.8) is 0 Å². The van der Waals surface area contributed by atoms with Crippen molar-refractivity contribution >= 4 is 39.5 Å². The molecule has 0 heterocycles. The van der Waals surface area contributed by atoms with E-state index in [4.69, 9.17) is 37.0 Å². The Labute approximate surface area is 530 Å². The van der Waals surface area contributed by atoms with Crippen molar-refractivity contribution in [2.24, 2.45) is 17.8 Å². The van der Waals surface area contributed by atoms with E-state index in [-0.39, 0.29) is 25.7 Å². The molecule has 0 spiro atoms. The summed E-state index contributed by atoms with van der Waals surface area (Å²) in [6, 6.07) is 0. The first-order chi connectivity index (χ1) is 41.8. The standard InChI is InChI=1S/C68H132O17P2/c1-8-11-12-13-14-15-16-20-29-37-44-51-67(72)85-64(56-79-66(71)50-43-36-31-24-25-32-39-46-59(4)5)58-83-87(76,77)81-54-62(69)53-80-86(74,75)82-57-63(55-78-65(70)49-42-35-28-23-22-27-34-41-48-61(7)10-3)84-68(73)52-45-38-30-21-18-17-19-26-33-40-47-60(6)9-2/h59-64,69H,8-58H2,1-7H3,(H,74,75)(H,76,77)/t60?,61?,62-,63-,64-/m1/s1. The molecule has 0 aromatic carbocycles. The molecular formula is C68H132O17P2. The quantitative estimate of drug-likeness (QED) is 0.0222. The van der Waals surface area contributed by atoms with Gasteiger partial charge in [-0.15, -0.1) is 0 Å².